The quantitative estimate of drug-likeness (QED) is 0.483. The maximum absolute atomic E-state index is 6.23. The van der Waals surface area contributed by atoms with Gasteiger partial charge in [0.1, 0.15) is 0 Å². The van der Waals surface area contributed by atoms with Crippen LogP contribution in [0.5, 0.6) is 0 Å². The SMILES string of the molecule is CCSCCCC(Cl)C(C)(C)C. The Morgan fingerprint density at radius 2 is 1.92 bits per heavy atom. The minimum absolute atomic E-state index is 0.262. The van der Waals surface area contributed by atoms with Gasteiger partial charge < -0.3 is 0 Å². The number of thioether (sulfide) groups is 1. The molecule has 0 saturated carbocycles. The molecule has 0 rings (SSSR count). The van der Waals surface area contributed by atoms with Crippen LogP contribution in [0.2, 0.25) is 0 Å². The second kappa shape index (κ2) is 6.15. The van der Waals surface area contributed by atoms with E-state index in [4.69, 9.17) is 11.6 Å². The largest absolute Gasteiger partial charge is 0.162 e. The summed E-state index contributed by atoms with van der Waals surface area (Å²) < 4.78 is 0. The molecule has 74 valence electrons. The monoisotopic (exact) mass is 208 g/mol. The van der Waals surface area contributed by atoms with Gasteiger partial charge in [0.2, 0.25) is 0 Å². The molecule has 0 heterocycles. The van der Waals surface area contributed by atoms with Crippen molar-refractivity contribution < 1.29 is 0 Å². The highest BCUT2D eigenvalue weighted by Gasteiger charge is 2.21. The second-order valence-corrected chi connectivity index (χ2v) is 6.09. The van der Waals surface area contributed by atoms with E-state index in [1.807, 2.05) is 11.8 Å². The molecule has 0 aliphatic rings. The standard InChI is InChI=1S/C10H21ClS/c1-5-12-8-6-7-9(11)10(2,3)4/h9H,5-8H2,1-4H3. The van der Waals surface area contributed by atoms with Gasteiger partial charge in [-0.15, -0.1) is 11.6 Å². The summed E-state index contributed by atoms with van der Waals surface area (Å²) >= 11 is 8.23. The Hall–Kier alpha value is 0.640. The van der Waals surface area contributed by atoms with Crippen LogP contribution < -0.4 is 0 Å². The maximum atomic E-state index is 6.23. The lowest BCUT2D eigenvalue weighted by atomic mass is 9.89. The summed E-state index contributed by atoms with van der Waals surface area (Å²) in [6.45, 7) is 8.82. The van der Waals surface area contributed by atoms with E-state index >= 15 is 0 Å². The van der Waals surface area contributed by atoms with Crippen molar-refractivity contribution in [1.29, 1.82) is 0 Å². The summed E-state index contributed by atoms with van der Waals surface area (Å²) in [4.78, 5) is 0. The highest BCUT2D eigenvalue weighted by atomic mass is 35.5. The number of alkyl halides is 1. The molecule has 0 nitrogen and oxygen atoms in total. The molecule has 0 saturated heterocycles. The van der Waals surface area contributed by atoms with Crippen molar-refractivity contribution in [3.8, 4) is 0 Å². The van der Waals surface area contributed by atoms with Gasteiger partial charge in [-0.3, -0.25) is 0 Å². The molecule has 0 fully saturated rings. The van der Waals surface area contributed by atoms with Crippen molar-refractivity contribution in [3.63, 3.8) is 0 Å². The van der Waals surface area contributed by atoms with E-state index in [2.05, 4.69) is 27.7 Å². The molecular formula is C10H21ClS. The van der Waals surface area contributed by atoms with E-state index in [1.165, 1.54) is 17.9 Å². The predicted octanol–water partition coefficient (Wildman–Crippen LogP) is 4.17. The van der Waals surface area contributed by atoms with Crippen LogP contribution in [0.3, 0.4) is 0 Å². The molecule has 0 bridgehead atoms. The first-order valence-electron chi connectivity index (χ1n) is 4.70. The highest BCUT2D eigenvalue weighted by molar-refractivity contribution is 7.99. The Kier molecular flexibility index (Phi) is 6.48. The fourth-order valence-corrected chi connectivity index (χ4v) is 1.76. The van der Waals surface area contributed by atoms with Gasteiger partial charge in [0.15, 0.2) is 0 Å². The van der Waals surface area contributed by atoms with Crippen LogP contribution in [0.25, 0.3) is 0 Å². The lowest BCUT2D eigenvalue weighted by Crippen LogP contribution is -2.20. The lowest BCUT2D eigenvalue weighted by Gasteiger charge is -2.24. The fraction of sp³-hybridized carbons (Fsp3) is 1.00. The number of rotatable bonds is 5. The summed E-state index contributed by atoms with van der Waals surface area (Å²) in [5.74, 6) is 2.48. The second-order valence-electron chi connectivity index (χ2n) is 4.17. The minimum Gasteiger partial charge on any atom is -0.162 e. The summed E-state index contributed by atoms with van der Waals surface area (Å²) in [5, 5.41) is 0.329. The normalized spacial score (nSPS) is 14.8. The fourth-order valence-electron chi connectivity index (χ4n) is 0.942. The molecule has 0 N–H and O–H groups in total. The van der Waals surface area contributed by atoms with Crippen LogP contribution >= 0.6 is 23.4 Å². The van der Waals surface area contributed by atoms with E-state index in [1.54, 1.807) is 0 Å². The van der Waals surface area contributed by atoms with Crippen molar-refractivity contribution in [3.05, 3.63) is 0 Å². The van der Waals surface area contributed by atoms with E-state index in [-0.39, 0.29) is 5.41 Å². The van der Waals surface area contributed by atoms with Crippen molar-refractivity contribution in [2.75, 3.05) is 11.5 Å². The topological polar surface area (TPSA) is 0 Å². The van der Waals surface area contributed by atoms with Gasteiger partial charge >= 0.3 is 0 Å². The molecule has 0 aliphatic carbocycles. The first kappa shape index (κ1) is 12.6. The molecule has 2 heteroatoms. The number of halogens is 1. The summed E-state index contributed by atoms with van der Waals surface area (Å²) in [6, 6.07) is 0. The molecule has 0 aromatic rings. The molecule has 12 heavy (non-hydrogen) atoms. The molecule has 1 unspecified atom stereocenters. The van der Waals surface area contributed by atoms with E-state index < -0.39 is 0 Å². The molecule has 0 amide bonds. The molecule has 0 aliphatic heterocycles. The lowest BCUT2D eigenvalue weighted by molar-refractivity contribution is 0.372. The predicted molar refractivity (Wildman–Crippen MR) is 61.3 cm³/mol. The smallest absolute Gasteiger partial charge is 0.0384 e. The third kappa shape index (κ3) is 6.19. The van der Waals surface area contributed by atoms with Gasteiger partial charge in [-0.05, 0) is 29.8 Å². The average Bonchev–Trinajstić information content (AvgIpc) is 1.96. The van der Waals surface area contributed by atoms with Crippen LogP contribution in [0.1, 0.15) is 40.5 Å². The molecule has 0 spiro atoms. The molecule has 1 atom stereocenters. The Morgan fingerprint density at radius 3 is 2.33 bits per heavy atom. The Morgan fingerprint density at radius 1 is 1.33 bits per heavy atom. The summed E-state index contributed by atoms with van der Waals surface area (Å²) in [5.41, 5.74) is 0.262. The van der Waals surface area contributed by atoms with Crippen LogP contribution in [-0.2, 0) is 0 Å². The van der Waals surface area contributed by atoms with E-state index in [9.17, 15) is 0 Å². The number of hydrogen-bond donors (Lipinski definition) is 0. The Balaban J connectivity index is 3.38. The van der Waals surface area contributed by atoms with Crippen molar-refractivity contribution in [1.82, 2.24) is 0 Å². The van der Waals surface area contributed by atoms with Gasteiger partial charge in [-0.1, -0.05) is 27.7 Å². The zero-order valence-corrected chi connectivity index (χ0v) is 10.3. The number of hydrogen-bond acceptors (Lipinski definition) is 1. The van der Waals surface area contributed by atoms with E-state index in [0.717, 1.165) is 6.42 Å². The van der Waals surface area contributed by atoms with Crippen molar-refractivity contribution in [2.45, 2.75) is 45.9 Å². The molecular weight excluding hydrogens is 188 g/mol. The molecule has 0 aromatic carbocycles. The van der Waals surface area contributed by atoms with Gasteiger partial charge in [-0.25, -0.2) is 0 Å². The van der Waals surface area contributed by atoms with Crippen molar-refractivity contribution >= 4 is 23.4 Å². The van der Waals surface area contributed by atoms with Crippen LogP contribution in [0.4, 0.5) is 0 Å². The average molecular weight is 209 g/mol. The Labute approximate surface area is 86.5 Å². The Bertz CT molecular complexity index is 107. The van der Waals surface area contributed by atoms with Crippen LogP contribution in [-0.4, -0.2) is 16.9 Å². The van der Waals surface area contributed by atoms with Gasteiger partial charge in [-0.2, -0.15) is 11.8 Å². The van der Waals surface area contributed by atoms with Gasteiger partial charge in [0.05, 0.1) is 0 Å². The van der Waals surface area contributed by atoms with Crippen LogP contribution in [0.15, 0.2) is 0 Å². The third-order valence-corrected chi connectivity index (χ3v) is 3.75. The first-order chi connectivity index (χ1) is 5.48. The zero-order chi connectivity index (χ0) is 9.61. The van der Waals surface area contributed by atoms with Crippen molar-refractivity contribution in [2.24, 2.45) is 5.41 Å². The summed E-state index contributed by atoms with van der Waals surface area (Å²) in [7, 11) is 0. The van der Waals surface area contributed by atoms with Gasteiger partial charge in [0.25, 0.3) is 0 Å². The summed E-state index contributed by atoms with van der Waals surface area (Å²) in [6.07, 6.45) is 2.40. The zero-order valence-electron chi connectivity index (χ0n) is 8.69. The third-order valence-electron chi connectivity index (χ3n) is 1.89. The van der Waals surface area contributed by atoms with E-state index in [0.29, 0.717) is 5.38 Å². The first-order valence-corrected chi connectivity index (χ1v) is 6.29. The van der Waals surface area contributed by atoms with Gasteiger partial charge in [0, 0.05) is 5.38 Å². The highest BCUT2D eigenvalue weighted by Crippen LogP contribution is 2.28. The molecule has 0 aromatic heterocycles. The van der Waals surface area contributed by atoms with Crippen LogP contribution in [0, 0.1) is 5.41 Å². The minimum atomic E-state index is 0.262. The maximum Gasteiger partial charge on any atom is 0.0384 e. The molecule has 0 radical (unpaired) electrons.